The first kappa shape index (κ1) is 15.2. The van der Waals surface area contributed by atoms with Gasteiger partial charge in [-0.1, -0.05) is 20.3 Å². The minimum atomic E-state index is -0.320. The van der Waals surface area contributed by atoms with Gasteiger partial charge in [0, 0.05) is 18.4 Å². The number of hydrogen-bond donors (Lipinski definition) is 1. The molecule has 0 radical (unpaired) electrons. The Bertz CT molecular complexity index is 439. The van der Waals surface area contributed by atoms with Crippen molar-refractivity contribution in [1.82, 2.24) is 9.97 Å². The molecule has 0 bridgehead atoms. The number of anilines is 1. The first-order chi connectivity index (χ1) is 9.59. The van der Waals surface area contributed by atoms with Gasteiger partial charge in [-0.05, 0) is 44.9 Å². The van der Waals surface area contributed by atoms with Crippen LogP contribution in [-0.4, -0.2) is 16.6 Å². The summed E-state index contributed by atoms with van der Waals surface area (Å²) in [6.45, 7) is 7.19. The Labute approximate surface area is 122 Å². The minimum Gasteiger partial charge on any atom is -0.384 e. The first-order valence-electron chi connectivity index (χ1n) is 7.87. The molecule has 2 N–H and O–H groups in total. The van der Waals surface area contributed by atoms with E-state index in [1.807, 2.05) is 13.0 Å². The summed E-state index contributed by atoms with van der Waals surface area (Å²) in [4.78, 5) is 9.24. The summed E-state index contributed by atoms with van der Waals surface area (Å²) < 4.78 is 6.11. The average molecular weight is 277 g/mol. The second-order valence-corrected chi connectivity index (χ2v) is 5.97. The zero-order valence-corrected chi connectivity index (χ0v) is 13.0. The van der Waals surface area contributed by atoms with Crippen LogP contribution in [-0.2, 0) is 16.8 Å². The van der Waals surface area contributed by atoms with E-state index in [2.05, 4.69) is 18.8 Å². The highest BCUT2D eigenvalue weighted by Gasteiger charge is 2.39. The van der Waals surface area contributed by atoms with E-state index in [1.54, 1.807) is 0 Å². The molecule has 4 heteroatoms. The maximum atomic E-state index is 6.11. The van der Waals surface area contributed by atoms with Crippen LogP contribution in [0.2, 0.25) is 0 Å². The molecule has 0 spiro atoms. The lowest BCUT2D eigenvalue weighted by Crippen LogP contribution is -2.36. The summed E-state index contributed by atoms with van der Waals surface area (Å²) >= 11 is 0. The Balaban J connectivity index is 2.33. The van der Waals surface area contributed by atoms with Crippen LogP contribution in [0.1, 0.15) is 64.4 Å². The first-order valence-corrected chi connectivity index (χ1v) is 7.87. The van der Waals surface area contributed by atoms with Gasteiger partial charge in [0.05, 0.1) is 0 Å². The summed E-state index contributed by atoms with van der Waals surface area (Å²) in [7, 11) is 0. The second kappa shape index (κ2) is 6.53. The number of nitrogen functional groups attached to an aromatic ring is 1. The fourth-order valence-electron chi connectivity index (χ4n) is 3.04. The van der Waals surface area contributed by atoms with Gasteiger partial charge < -0.3 is 10.5 Å². The van der Waals surface area contributed by atoms with Crippen LogP contribution >= 0.6 is 0 Å². The molecule has 112 valence electrons. The van der Waals surface area contributed by atoms with Gasteiger partial charge in [-0.25, -0.2) is 9.97 Å². The van der Waals surface area contributed by atoms with E-state index in [0.29, 0.717) is 12.4 Å². The molecule has 0 aromatic carbocycles. The van der Waals surface area contributed by atoms with E-state index in [4.69, 9.17) is 15.5 Å². The van der Waals surface area contributed by atoms with Gasteiger partial charge in [0.25, 0.3) is 0 Å². The zero-order valence-electron chi connectivity index (χ0n) is 13.0. The van der Waals surface area contributed by atoms with Crippen molar-refractivity contribution in [2.45, 2.75) is 64.9 Å². The largest absolute Gasteiger partial charge is 0.384 e. The second-order valence-electron chi connectivity index (χ2n) is 5.97. The normalized spacial score (nSPS) is 26.6. The molecule has 0 saturated heterocycles. The molecule has 0 amide bonds. The lowest BCUT2D eigenvalue weighted by atomic mass is 9.78. The quantitative estimate of drug-likeness (QED) is 0.895. The highest BCUT2D eigenvalue weighted by Crippen LogP contribution is 2.41. The number of nitrogens with two attached hydrogens (primary N) is 1. The van der Waals surface area contributed by atoms with Gasteiger partial charge in [-0.3, -0.25) is 0 Å². The van der Waals surface area contributed by atoms with E-state index >= 15 is 0 Å². The molecule has 4 nitrogen and oxygen atoms in total. The van der Waals surface area contributed by atoms with Crippen molar-refractivity contribution in [2.24, 2.45) is 5.92 Å². The lowest BCUT2D eigenvalue weighted by Gasteiger charge is -2.38. The molecular weight excluding hydrogens is 250 g/mol. The fraction of sp³-hybridized carbons (Fsp3) is 0.750. The molecule has 20 heavy (non-hydrogen) atoms. The number of rotatable bonds is 5. The van der Waals surface area contributed by atoms with E-state index in [0.717, 1.165) is 43.1 Å². The van der Waals surface area contributed by atoms with Crippen molar-refractivity contribution in [2.75, 3.05) is 12.3 Å². The molecule has 1 aliphatic rings. The summed E-state index contributed by atoms with van der Waals surface area (Å²) in [6, 6.07) is 1.89. The van der Waals surface area contributed by atoms with Gasteiger partial charge in [-0.15, -0.1) is 0 Å². The Hall–Kier alpha value is -1.16. The monoisotopic (exact) mass is 277 g/mol. The highest BCUT2D eigenvalue weighted by atomic mass is 16.5. The predicted molar refractivity (Wildman–Crippen MR) is 81.4 cm³/mol. The van der Waals surface area contributed by atoms with Crippen LogP contribution in [0.25, 0.3) is 0 Å². The van der Waals surface area contributed by atoms with Crippen LogP contribution < -0.4 is 5.73 Å². The van der Waals surface area contributed by atoms with Gasteiger partial charge >= 0.3 is 0 Å². The molecule has 0 unspecified atom stereocenters. The van der Waals surface area contributed by atoms with Crippen LogP contribution in [0.3, 0.4) is 0 Å². The maximum Gasteiger partial charge on any atom is 0.162 e. The number of hydrogen-bond acceptors (Lipinski definition) is 4. The van der Waals surface area contributed by atoms with Crippen molar-refractivity contribution in [3.8, 4) is 0 Å². The smallest absolute Gasteiger partial charge is 0.162 e. The van der Waals surface area contributed by atoms with Gasteiger partial charge in [0.1, 0.15) is 11.4 Å². The number of ether oxygens (including phenoxy) is 1. The van der Waals surface area contributed by atoms with Gasteiger partial charge in [-0.2, -0.15) is 0 Å². The summed E-state index contributed by atoms with van der Waals surface area (Å²) in [5.41, 5.74) is 6.69. The molecule has 1 aromatic rings. The van der Waals surface area contributed by atoms with Crippen LogP contribution in [0, 0.1) is 5.92 Å². The molecule has 2 rings (SSSR count). The van der Waals surface area contributed by atoms with E-state index in [-0.39, 0.29) is 5.60 Å². The summed E-state index contributed by atoms with van der Waals surface area (Å²) in [5, 5.41) is 0. The third-order valence-electron chi connectivity index (χ3n) is 4.22. The Morgan fingerprint density at radius 1 is 1.30 bits per heavy atom. The van der Waals surface area contributed by atoms with Crippen molar-refractivity contribution in [1.29, 1.82) is 0 Å². The molecule has 1 aliphatic carbocycles. The van der Waals surface area contributed by atoms with Crippen molar-refractivity contribution >= 4 is 5.82 Å². The third-order valence-corrected chi connectivity index (χ3v) is 4.22. The molecule has 0 aliphatic heterocycles. The van der Waals surface area contributed by atoms with Crippen molar-refractivity contribution in [3.63, 3.8) is 0 Å². The lowest BCUT2D eigenvalue weighted by molar-refractivity contribution is -0.0837. The number of aryl methyl sites for hydroxylation is 1. The van der Waals surface area contributed by atoms with Crippen LogP contribution in [0.5, 0.6) is 0 Å². The highest BCUT2D eigenvalue weighted by molar-refractivity contribution is 5.31. The number of nitrogens with zero attached hydrogens (tertiary/aromatic N) is 2. The van der Waals surface area contributed by atoms with E-state index in [9.17, 15) is 0 Å². The zero-order chi connectivity index (χ0) is 14.6. The molecule has 1 heterocycles. The topological polar surface area (TPSA) is 61.0 Å². The summed E-state index contributed by atoms with van der Waals surface area (Å²) in [6.07, 6.45) is 6.34. The third kappa shape index (κ3) is 3.29. The molecule has 1 aromatic heterocycles. The minimum absolute atomic E-state index is 0.320. The van der Waals surface area contributed by atoms with Crippen LogP contribution in [0.15, 0.2) is 6.07 Å². The molecule has 1 saturated carbocycles. The predicted octanol–water partition coefficient (Wildman–Crippen LogP) is 3.45. The van der Waals surface area contributed by atoms with Crippen molar-refractivity contribution < 1.29 is 4.74 Å². The van der Waals surface area contributed by atoms with E-state index < -0.39 is 0 Å². The van der Waals surface area contributed by atoms with Gasteiger partial charge in [0.2, 0.25) is 0 Å². The standard InChI is InChI=1S/C16H27N3O/c1-4-6-13-11-14(17)19-15(18-13)16(20-5-2)9-7-12(3)8-10-16/h11-12H,4-10H2,1-3H3,(H2,17,18,19). The van der Waals surface area contributed by atoms with Crippen molar-refractivity contribution in [3.05, 3.63) is 17.6 Å². The SMILES string of the molecule is CCCc1cc(N)nc(C2(OCC)CCC(C)CC2)n1. The van der Waals surface area contributed by atoms with Gasteiger partial charge in [0.15, 0.2) is 5.82 Å². The number of aromatic nitrogens is 2. The molecular formula is C16H27N3O. The Morgan fingerprint density at radius 3 is 2.60 bits per heavy atom. The molecule has 0 atom stereocenters. The fourth-order valence-corrected chi connectivity index (χ4v) is 3.04. The summed E-state index contributed by atoms with van der Waals surface area (Å²) in [5.74, 6) is 2.13. The Morgan fingerprint density at radius 2 is 2.00 bits per heavy atom. The average Bonchev–Trinajstić information content (AvgIpc) is 2.42. The maximum absolute atomic E-state index is 6.11. The van der Waals surface area contributed by atoms with Crippen LogP contribution in [0.4, 0.5) is 5.82 Å². The molecule has 1 fully saturated rings. The van der Waals surface area contributed by atoms with E-state index in [1.165, 1.54) is 12.8 Å². The Kier molecular flexibility index (Phi) is 4.97.